The van der Waals surface area contributed by atoms with Crippen molar-refractivity contribution in [3.8, 4) is 11.5 Å². The van der Waals surface area contributed by atoms with Crippen molar-refractivity contribution in [1.82, 2.24) is 4.98 Å². The highest BCUT2D eigenvalue weighted by atomic mass is 16.5. The fourth-order valence-electron chi connectivity index (χ4n) is 2.38. The van der Waals surface area contributed by atoms with Gasteiger partial charge in [0, 0.05) is 17.1 Å². The van der Waals surface area contributed by atoms with Crippen LogP contribution in [-0.2, 0) is 0 Å². The molecule has 0 saturated heterocycles. The summed E-state index contributed by atoms with van der Waals surface area (Å²) in [6, 6.07) is 14.4. The van der Waals surface area contributed by atoms with Gasteiger partial charge >= 0.3 is 0 Å². The molecule has 0 fully saturated rings. The van der Waals surface area contributed by atoms with Crippen LogP contribution in [0.5, 0.6) is 11.5 Å². The quantitative estimate of drug-likeness (QED) is 0.801. The van der Waals surface area contributed by atoms with Crippen LogP contribution in [0.1, 0.15) is 10.4 Å². The van der Waals surface area contributed by atoms with Gasteiger partial charge in [0.05, 0.1) is 25.4 Å². The Morgan fingerprint density at radius 2 is 1.83 bits per heavy atom. The Morgan fingerprint density at radius 3 is 2.61 bits per heavy atom. The summed E-state index contributed by atoms with van der Waals surface area (Å²) in [5, 5.41) is 3.81. The average Bonchev–Trinajstić information content (AvgIpc) is 2.61. The Bertz CT molecular complexity index is 857. The standard InChI is InChI=1S/C18H16N2O3/c1-22-16-9-8-12(11-17(16)23-2)18(21)20-15-7-3-6-14-13(15)5-4-10-19-14/h3-11H,1-2H3,(H,20,21). The zero-order valence-electron chi connectivity index (χ0n) is 12.9. The molecule has 3 aromatic rings. The minimum atomic E-state index is -0.220. The SMILES string of the molecule is COc1ccc(C(=O)Nc2cccc3ncccc23)cc1OC. The minimum Gasteiger partial charge on any atom is -0.493 e. The van der Waals surface area contributed by atoms with Gasteiger partial charge in [-0.05, 0) is 42.5 Å². The highest BCUT2D eigenvalue weighted by Gasteiger charge is 2.12. The normalized spacial score (nSPS) is 10.3. The molecule has 1 amide bonds. The molecule has 23 heavy (non-hydrogen) atoms. The van der Waals surface area contributed by atoms with Crippen molar-refractivity contribution in [2.45, 2.75) is 0 Å². The van der Waals surface area contributed by atoms with Gasteiger partial charge in [-0.15, -0.1) is 0 Å². The van der Waals surface area contributed by atoms with Crippen LogP contribution < -0.4 is 14.8 Å². The number of amides is 1. The van der Waals surface area contributed by atoms with Crippen molar-refractivity contribution in [2.24, 2.45) is 0 Å². The molecule has 0 atom stereocenters. The summed E-state index contributed by atoms with van der Waals surface area (Å²) in [7, 11) is 3.09. The van der Waals surface area contributed by atoms with E-state index < -0.39 is 0 Å². The maximum Gasteiger partial charge on any atom is 0.255 e. The first-order valence-electron chi connectivity index (χ1n) is 7.10. The summed E-state index contributed by atoms with van der Waals surface area (Å²) >= 11 is 0. The molecule has 3 rings (SSSR count). The zero-order chi connectivity index (χ0) is 16.2. The van der Waals surface area contributed by atoms with E-state index in [0.29, 0.717) is 17.1 Å². The molecule has 0 bridgehead atoms. The van der Waals surface area contributed by atoms with E-state index in [1.807, 2.05) is 30.3 Å². The van der Waals surface area contributed by atoms with E-state index in [0.717, 1.165) is 16.6 Å². The second kappa shape index (κ2) is 6.36. The van der Waals surface area contributed by atoms with E-state index in [1.54, 1.807) is 31.5 Å². The van der Waals surface area contributed by atoms with E-state index >= 15 is 0 Å². The number of fused-ring (bicyclic) bond motifs is 1. The molecule has 1 aromatic heterocycles. The maximum absolute atomic E-state index is 12.5. The number of nitrogens with zero attached hydrogens (tertiary/aromatic N) is 1. The molecule has 0 spiro atoms. The van der Waals surface area contributed by atoms with E-state index in [9.17, 15) is 4.79 Å². The van der Waals surface area contributed by atoms with Crippen LogP contribution in [0.3, 0.4) is 0 Å². The van der Waals surface area contributed by atoms with Gasteiger partial charge in [0.15, 0.2) is 11.5 Å². The van der Waals surface area contributed by atoms with Crippen LogP contribution in [-0.4, -0.2) is 25.1 Å². The van der Waals surface area contributed by atoms with Crippen molar-refractivity contribution < 1.29 is 14.3 Å². The van der Waals surface area contributed by atoms with Gasteiger partial charge in [-0.3, -0.25) is 9.78 Å². The number of methoxy groups -OCH3 is 2. The number of benzene rings is 2. The minimum absolute atomic E-state index is 0.220. The number of ether oxygens (including phenoxy) is 2. The number of pyridine rings is 1. The third-order valence-corrected chi connectivity index (χ3v) is 3.54. The number of rotatable bonds is 4. The lowest BCUT2D eigenvalue weighted by molar-refractivity contribution is 0.102. The molecule has 0 radical (unpaired) electrons. The molecule has 5 nitrogen and oxygen atoms in total. The maximum atomic E-state index is 12.5. The first kappa shape index (κ1) is 14.8. The van der Waals surface area contributed by atoms with Crippen LogP contribution in [0.25, 0.3) is 10.9 Å². The van der Waals surface area contributed by atoms with Gasteiger partial charge in [-0.1, -0.05) is 6.07 Å². The zero-order valence-corrected chi connectivity index (χ0v) is 12.9. The van der Waals surface area contributed by atoms with E-state index in [1.165, 1.54) is 7.11 Å². The monoisotopic (exact) mass is 308 g/mol. The number of aromatic nitrogens is 1. The predicted molar refractivity (Wildman–Crippen MR) is 89.2 cm³/mol. The summed E-state index contributed by atoms with van der Waals surface area (Å²) in [6.07, 6.45) is 1.72. The van der Waals surface area contributed by atoms with Gasteiger partial charge in [-0.25, -0.2) is 0 Å². The van der Waals surface area contributed by atoms with E-state index in [-0.39, 0.29) is 5.91 Å². The molecule has 0 aliphatic rings. The molecular formula is C18H16N2O3. The van der Waals surface area contributed by atoms with Crippen molar-refractivity contribution in [2.75, 3.05) is 19.5 Å². The Hall–Kier alpha value is -3.08. The third kappa shape index (κ3) is 2.94. The van der Waals surface area contributed by atoms with Crippen LogP contribution in [0.15, 0.2) is 54.7 Å². The molecule has 0 unspecified atom stereocenters. The highest BCUT2D eigenvalue weighted by molar-refractivity contribution is 6.08. The number of carbonyl (C=O) groups excluding carboxylic acids is 1. The molecule has 1 heterocycles. The topological polar surface area (TPSA) is 60.5 Å². The molecule has 116 valence electrons. The Morgan fingerprint density at radius 1 is 1.00 bits per heavy atom. The lowest BCUT2D eigenvalue weighted by Crippen LogP contribution is -2.12. The van der Waals surface area contributed by atoms with Gasteiger partial charge in [0.2, 0.25) is 0 Å². The van der Waals surface area contributed by atoms with Crippen LogP contribution in [0.4, 0.5) is 5.69 Å². The van der Waals surface area contributed by atoms with Crippen LogP contribution in [0.2, 0.25) is 0 Å². The van der Waals surface area contributed by atoms with E-state index in [4.69, 9.17) is 9.47 Å². The molecule has 1 N–H and O–H groups in total. The lowest BCUT2D eigenvalue weighted by Gasteiger charge is -2.11. The Labute approximate surface area is 133 Å². The van der Waals surface area contributed by atoms with Crippen LogP contribution >= 0.6 is 0 Å². The predicted octanol–water partition coefficient (Wildman–Crippen LogP) is 3.50. The van der Waals surface area contributed by atoms with Crippen molar-refractivity contribution in [1.29, 1.82) is 0 Å². The molecular weight excluding hydrogens is 292 g/mol. The fourth-order valence-corrected chi connectivity index (χ4v) is 2.38. The van der Waals surface area contributed by atoms with E-state index in [2.05, 4.69) is 10.3 Å². The summed E-state index contributed by atoms with van der Waals surface area (Å²) in [5.74, 6) is 0.875. The van der Waals surface area contributed by atoms with Gasteiger partial charge in [0.1, 0.15) is 0 Å². The van der Waals surface area contributed by atoms with Crippen molar-refractivity contribution in [3.63, 3.8) is 0 Å². The van der Waals surface area contributed by atoms with Crippen LogP contribution in [0, 0.1) is 0 Å². The van der Waals surface area contributed by atoms with Crippen molar-refractivity contribution in [3.05, 3.63) is 60.3 Å². The highest BCUT2D eigenvalue weighted by Crippen LogP contribution is 2.28. The lowest BCUT2D eigenvalue weighted by atomic mass is 10.1. The van der Waals surface area contributed by atoms with Gasteiger partial charge < -0.3 is 14.8 Å². The summed E-state index contributed by atoms with van der Waals surface area (Å²) in [5.41, 5.74) is 2.04. The largest absolute Gasteiger partial charge is 0.493 e. The fraction of sp³-hybridized carbons (Fsp3) is 0.111. The smallest absolute Gasteiger partial charge is 0.255 e. The van der Waals surface area contributed by atoms with Gasteiger partial charge in [-0.2, -0.15) is 0 Å². The Kier molecular flexibility index (Phi) is 4.10. The molecule has 5 heteroatoms. The second-order valence-electron chi connectivity index (χ2n) is 4.90. The third-order valence-electron chi connectivity index (χ3n) is 3.54. The number of carbonyl (C=O) groups is 1. The summed E-state index contributed by atoms with van der Waals surface area (Å²) < 4.78 is 10.4. The second-order valence-corrected chi connectivity index (χ2v) is 4.90. The summed E-state index contributed by atoms with van der Waals surface area (Å²) in [4.78, 5) is 16.8. The molecule has 0 aliphatic heterocycles. The van der Waals surface area contributed by atoms with Crippen molar-refractivity contribution >= 4 is 22.5 Å². The number of hydrogen-bond donors (Lipinski definition) is 1. The number of anilines is 1. The summed E-state index contributed by atoms with van der Waals surface area (Å²) in [6.45, 7) is 0. The molecule has 2 aromatic carbocycles. The average molecular weight is 308 g/mol. The number of hydrogen-bond acceptors (Lipinski definition) is 4. The Balaban J connectivity index is 1.92. The number of nitrogens with one attached hydrogen (secondary N) is 1. The van der Waals surface area contributed by atoms with Gasteiger partial charge in [0.25, 0.3) is 5.91 Å². The first-order chi connectivity index (χ1) is 11.2. The molecule has 0 saturated carbocycles. The molecule has 0 aliphatic carbocycles. The first-order valence-corrected chi connectivity index (χ1v) is 7.10.